The van der Waals surface area contributed by atoms with Crippen LogP contribution in [0.1, 0.15) is 36.5 Å². The summed E-state index contributed by atoms with van der Waals surface area (Å²) >= 11 is 3.52. The van der Waals surface area contributed by atoms with Crippen molar-refractivity contribution in [2.45, 2.75) is 26.2 Å². The van der Waals surface area contributed by atoms with Crippen molar-refractivity contribution in [2.24, 2.45) is 5.41 Å². The molecule has 1 heterocycles. The molecule has 1 unspecified atom stereocenters. The number of halogens is 1. The third-order valence-electron chi connectivity index (χ3n) is 4.62. The summed E-state index contributed by atoms with van der Waals surface area (Å²) in [6.45, 7) is 3.82. The normalized spacial score (nSPS) is 20.1. The van der Waals surface area contributed by atoms with Gasteiger partial charge in [-0.15, -0.1) is 0 Å². The van der Waals surface area contributed by atoms with E-state index in [9.17, 15) is 4.79 Å². The SMILES string of the molecule is CCCC1(C(=O)c2ccc(Br)c(Oc3ccccc3)c2)CCNC1. The van der Waals surface area contributed by atoms with Gasteiger partial charge in [0, 0.05) is 17.5 Å². The molecule has 126 valence electrons. The highest BCUT2D eigenvalue weighted by Gasteiger charge is 2.40. The van der Waals surface area contributed by atoms with Crippen LogP contribution in [0.5, 0.6) is 11.5 Å². The minimum absolute atomic E-state index is 0.222. The summed E-state index contributed by atoms with van der Waals surface area (Å²) in [5.74, 6) is 1.65. The van der Waals surface area contributed by atoms with Gasteiger partial charge >= 0.3 is 0 Å². The highest BCUT2D eigenvalue weighted by Crippen LogP contribution is 2.37. The van der Waals surface area contributed by atoms with Crippen LogP contribution < -0.4 is 10.1 Å². The van der Waals surface area contributed by atoms with Crippen LogP contribution in [0.3, 0.4) is 0 Å². The van der Waals surface area contributed by atoms with Gasteiger partial charge < -0.3 is 10.1 Å². The molecular weight excluding hydrogens is 366 g/mol. The molecule has 0 radical (unpaired) electrons. The zero-order valence-electron chi connectivity index (χ0n) is 13.8. The molecule has 1 aliphatic rings. The molecule has 3 rings (SSSR count). The number of hydrogen-bond donors (Lipinski definition) is 1. The van der Waals surface area contributed by atoms with Crippen LogP contribution in [0.2, 0.25) is 0 Å². The zero-order chi connectivity index (χ0) is 17.0. The Morgan fingerprint density at radius 2 is 2.04 bits per heavy atom. The lowest BCUT2D eigenvalue weighted by Crippen LogP contribution is -2.33. The van der Waals surface area contributed by atoms with E-state index < -0.39 is 0 Å². The predicted octanol–water partition coefficient (Wildman–Crippen LogP) is 5.20. The number of nitrogens with one attached hydrogen (secondary N) is 1. The fraction of sp³-hybridized carbons (Fsp3) is 0.350. The molecule has 0 saturated carbocycles. The average Bonchev–Trinajstić information content (AvgIpc) is 3.07. The maximum absolute atomic E-state index is 13.2. The predicted molar refractivity (Wildman–Crippen MR) is 99.8 cm³/mol. The number of benzene rings is 2. The number of carbonyl (C=O) groups is 1. The molecular formula is C20H22BrNO2. The summed E-state index contributed by atoms with van der Waals surface area (Å²) in [6.07, 6.45) is 2.84. The van der Waals surface area contributed by atoms with E-state index in [1.54, 1.807) is 0 Å². The maximum atomic E-state index is 13.2. The second-order valence-corrected chi connectivity index (χ2v) is 7.20. The topological polar surface area (TPSA) is 38.3 Å². The molecule has 1 atom stereocenters. The minimum Gasteiger partial charge on any atom is -0.456 e. The van der Waals surface area contributed by atoms with Gasteiger partial charge in [-0.05, 0) is 65.6 Å². The third kappa shape index (κ3) is 3.55. The molecule has 2 aromatic rings. The van der Waals surface area contributed by atoms with Gasteiger partial charge in [-0.2, -0.15) is 0 Å². The van der Waals surface area contributed by atoms with Gasteiger partial charge in [0.05, 0.1) is 4.47 Å². The van der Waals surface area contributed by atoms with Gasteiger partial charge in [0.15, 0.2) is 5.78 Å². The van der Waals surface area contributed by atoms with Crippen molar-refractivity contribution in [3.05, 3.63) is 58.6 Å². The highest BCUT2D eigenvalue weighted by molar-refractivity contribution is 9.10. The summed E-state index contributed by atoms with van der Waals surface area (Å²) in [5, 5.41) is 3.35. The van der Waals surface area contributed by atoms with E-state index in [0.717, 1.165) is 48.1 Å². The van der Waals surface area contributed by atoms with E-state index in [2.05, 4.69) is 28.2 Å². The Morgan fingerprint density at radius 3 is 2.71 bits per heavy atom. The first kappa shape index (κ1) is 17.2. The molecule has 4 heteroatoms. The van der Waals surface area contributed by atoms with E-state index in [4.69, 9.17) is 4.74 Å². The van der Waals surface area contributed by atoms with Crippen molar-refractivity contribution in [1.82, 2.24) is 5.32 Å². The van der Waals surface area contributed by atoms with Crippen molar-refractivity contribution in [3.63, 3.8) is 0 Å². The summed E-state index contributed by atoms with van der Waals surface area (Å²) in [6, 6.07) is 15.3. The van der Waals surface area contributed by atoms with Crippen molar-refractivity contribution >= 4 is 21.7 Å². The molecule has 0 aliphatic carbocycles. The molecule has 2 aromatic carbocycles. The molecule has 0 amide bonds. The Balaban J connectivity index is 1.88. The first-order valence-corrected chi connectivity index (χ1v) is 9.22. The maximum Gasteiger partial charge on any atom is 0.170 e. The summed E-state index contributed by atoms with van der Waals surface area (Å²) in [7, 11) is 0. The summed E-state index contributed by atoms with van der Waals surface area (Å²) in [4.78, 5) is 13.2. The fourth-order valence-electron chi connectivity index (χ4n) is 3.39. The number of para-hydroxylation sites is 1. The lowest BCUT2D eigenvalue weighted by Gasteiger charge is -2.26. The molecule has 0 spiro atoms. The number of Topliss-reactive ketones (excluding diaryl/α,β-unsaturated/α-hetero) is 1. The Hall–Kier alpha value is -1.65. The van der Waals surface area contributed by atoms with Gasteiger partial charge in [0.1, 0.15) is 11.5 Å². The van der Waals surface area contributed by atoms with Crippen LogP contribution in [0, 0.1) is 5.41 Å². The molecule has 1 fully saturated rings. The van der Waals surface area contributed by atoms with Crippen molar-refractivity contribution in [1.29, 1.82) is 0 Å². The Labute approximate surface area is 151 Å². The van der Waals surface area contributed by atoms with Crippen molar-refractivity contribution < 1.29 is 9.53 Å². The lowest BCUT2D eigenvalue weighted by molar-refractivity contribution is 0.0801. The molecule has 3 nitrogen and oxygen atoms in total. The standard InChI is InChI=1S/C20H22BrNO2/c1-2-10-20(11-12-22-14-20)19(23)15-8-9-17(21)18(13-15)24-16-6-4-3-5-7-16/h3-9,13,22H,2,10-12,14H2,1H3. The number of ketones is 1. The van der Waals surface area contributed by atoms with Gasteiger partial charge in [-0.25, -0.2) is 0 Å². The monoisotopic (exact) mass is 387 g/mol. The highest BCUT2D eigenvalue weighted by atomic mass is 79.9. The van der Waals surface area contributed by atoms with E-state index in [-0.39, 0.29) is 11.2 Å². The summed E-state index contributed by atoms with van der Waals surface area (Å²) < 4.78 is 6.79. The molecule has 1 aliphatic heterocycles. The van der Waals surface area contributed by atoms with Crippen LogP contribution in [-0.4, -0.2) is 18.9 Å². The van der Waals surface area contributed by atoms with Crippen molar-refractivity contribution in [2.75, 3.05) is 13.1 Å². The average molecular weight is 388 g/mol. The smallest absolute Gasteiger partial charge is 0.170 e. The van der Waals surface area contributed by atoms with E-state index in [1.165, 1.54) is 0 Å². The van der Waals surface area contributed by atoms with Gasteiger partial charge in [-0.1, -0.05) is 31.5 Å². The van der Waals surface area contributed by atoms with E-state index in [0.29, 0.717) is 5.75 Å². The van der Waals surface area contributed by atoms with Crippen LogP contribution in [-0.2, 0) is 0 Å². The molecule has 1 N–H and O–H groups in total. The second kappa shape index (κ2) is 7.49. The van der Waals surface area contributed by atoms with Crippen LogP contribution >= 0.6 is 15.9 Å². The zero-order valence-corrected chi connectivity index (χ0v) is 15.4. The van der Waals surface area contributed by atoms with Gasteiger partial charge in [0.25, 0.3) is 0 Å². The van der Waals surface area contributed by atoms with Crippen LogP contribution in [0.4, 0.5) is 0 Å². The van der Waals surface area contributed by atoms with Crippen molar-refractivity contribution in [3.8, 4) is 11.5 Å². The molecule has 1 saturated heterocycles. The van der Waals surface area contributed by atoms with Crippen LogP contribution in [0.15, 0.2) is 53.0 Å². The van der Waals surface area contributed by atoms with E-state index in [1.807, 2.05) is 48.5 Å². The number of hydrogen-bond acceptors (Lipinski definition) is 3. The van der Waals surface area contributed by atoms with E-state index >= 15 is 0 Å². The largest absolute Gasteiger partial charge is 0.456 e. The Kier molecular flexibility index (Phi) is 5.36. The third-order valence-corrected chi connectivity index (χ3v) is 5.27. The minimum atomic E-state index is -0.271. The number of rotatable bonds is 6. The van der Waals surface area contributed by atoms with Gasteiger partial charge in [-0.3, -0.25) is 4.79 Å². The van der Waals surface area contributed by atoms with Crippen LogP contribution in [0.25, 0.3) is 0 Å². The first-order chi connectivity index (χ1) is 11.6. The molecule has 24 heavy (non-hydrogen) atoms. The Bertz CT molecular complexity index is 709. The Morgan fingerprint density at radius 1 is 1.25 bits per heavy atom. The quantitative estimate of drug-likeness (QED) is 0.691. The second-order valence-electron chi connectivity index (χ2n) is 6.35. The molecule has 0 aromatic heterocycles. The van der Waals surface area contributed by atoms with Gasteiger partial charge in [0.2, 0.25) is 0 Å². The molecule has 0 bridgehead atoms. The summed E-state index contributed by atoms with van der Waals surface area (Å²) in [5.41, 5.74) is 0.452. The number of ether oxygens (including phenoxy) is 1. The first-order valence-electron chi connectivity index (χ1n) is 8.42. The number of carbonyl (C=O) groups excluding carboxylic acids is 1. The fourth-order valence-corrected chi connectivity index (χ4v) is 3.72. The lowest BCUT2D eigenvalue weighted by atomic mass is 9.76.